The second kappa shape index (κ2) is 5.48. The Labute approximate surface area is 108 Å². The van der Waals surface area contributed by atoms with E-state index in [4.69, 9.17) is 0 Å². The van der Waals surface area contributed by atoms with Gasteiger partial charge in [0.2, 0.25) is 0 Å². The van der Waals surface area contributed by atoms with Crippen molar-refractivity contribution >= 4 is 18.5 Å². The molecule has 1 fully saturated rings. The fourth-order valence-corrected chi connectivity index (χ4v) is 1.68. The fraction of sp³-hybridized carbons (Fsp3) is 0.364. The molecule has 0 saturated carbocycles. The van der Waals surface area contributed by atoms with Crippen LogP contribution in [0.3, 0.4) is 0 Å². The number of hydrogen-bond acceptors (Lipinski definition) is 2. The van der Waals surface area contributed by atoms with Gasteiger partial charge in [0.05, 0.1) is 18.2 Å². The Morgan fingerprint density at radius 2 is 1.83 bits per heavy atom. The average Bonchev–Trinajstić information content (AvgIpc) is 2.28. The van der Waals surface area contributed by atoms with Crippen molar-refractivity contribution in [1.82, 2.24) is 5.32 Å². The predicted molar refractivity (Wildman–Crippen MR) is 60.5 cm³/mol. The molecule has 2 rings (SSSR count). The van der Waals surface area contributed by atoms with E-state index in [1.807, 2.05) is 0 Å². The van der Waals surface area contributed by atoms with Gasteiger partial charge in [-0.15, -0.1) is 12.4 Å². The Kier molecular flexibility index (Phi) is 4.45. The van der Waals surface area contributed by atoms with Gasteiger partial charge in [-0.3, -0.25) is 0 Å². The number of benzene rings is 1. The number of amides is 1. The van der Waals surface area contributed by atoms with Gasteiger partial charge in [-0.1, -0.05) is 12.1 Å². The molecule has 0 radical (unpaired) electrons. The summed E-state index contributed by atoms with van der Waals surface area (Å²) in [6, 6.07) is 4.49. The molecule has 0 spiro atoms. The molecule has 0 unspecified atom stereocenters. The van der Waals surface area contributed by atoms with E-state index in [-0.39, 0.29) is 25.1 Å². The van der Waals surface area contributed by atoms with Crippen LogP contribution in [0.5, 0.6) is 0 Å². The van der Waals surface area contributed by atoms with Crippen molar-refractivity contribution in [2.75, 3.05) is 6.61 Å². The lowest BCUT2D eigenvalue weighted by atomic mass is 10.0. The topological polar surface area (TPSA) is 38.3 Å². The molecular formula is C11H11ClF3NO2. The Hall–Kier alpha value is -1.43. The molecule has 1 aromatic rings. The third kappa shape index (κ3) is 3.29. The van der Waals surface area contributed by atoms with E-state index in [1.165, 1.54) is 12.1 Å². The van der Waals surface area contributed by atoms with Gasteiger partial charge < -0.3 is 10.1 Å². The minimum Gasteiger partial charge on any atom is -0.449 e. The highest BCUT2D eigenvalue weighted by Gasteiger charge is 2.30. The number of carbonyl (C=O) groups is 1. The molecule has 0 aromatic heterocycles. The van der Waals surface area contributed by atoms with Gasteiger partial charge in [-0.2, -0.15) is 13.2 Å². The minimum absolute atomic E-state index is 0. The van der Waals surface area contributed by atoms with Crippen LogP contribution in [-0.2, 0) is 10.9 Å². The van der Waals surface area contributed by atoms with Crippen LogP contribution in [0, 0.1) is 0 Å². The molecule has 18 heavy (non-hydrogen) atoms. The predicted octanol–water partition coefficient (Wildman–Crippen LogP) is 3.30. The van der Waals surface area contributed by atoms with E-state index < -0.39 is 17.8 Å². The zero-order valence-electron chi connectivity index (χ0n) is 9.16. The first-order chi connectivity index (χ1) is 7.97. The van der Waals surface area contributed by atoms with Crippen LogP contribution in [0.1, 0.15) is 23.6 Å². The lowest BCUT2D eigenvalue weighted by Gasteiger charge is -2.23. The molecule has 0 aliphatic carbocycles. The monoisotopic (exact) mass is 281 g/mol. The van der Waals surface area contributed by atoms with E-state index in [2.05, 4.69) is 10.1 Å². The maximum absolute atomic E-state index is 12.3. The molecule has 1 atom stereocenters. The first-order valence-electron chi connectivity index (χ1n) is 5.07. The molecule has 1 aromatic carbocycles. The zero-order valence-corrected chi connectivity index (χ0v) is 9.98. The van der Waals surface area contributed by atoms with Crippen LogP contribution in [0.25, 0.3) is 0 Å². The van der Waals surface area contributed by atoms with E-state index in [0.717, 1.165) is 12.1 Å². The summed E-state index contributed by atoms with van der Waals surface area (Å²) in [6.07, 6.45) is -4.32. The van der Waals surface area contributed by atoms with Crippen molar-refractivity contribution in [1.29, 1.82) is 0 Å². The maximum atomic E-state index is 12.3. The Morgan fingerprint density at radius 1 is 1.22 bits per heavy atom. The number of hydrogen-bond donors (Lipinski definition) is 1. The lowest BCUT2D eigenvalue weighted by Crippen LogP contribution is -2.35. The standard InChI is InChI=1S/C11H10F3NO2.ClH/c12-11(13,14)8-3-1-7(2-4-8)9-5-6-17-10(16)15-9;/h1-4,9H,5-6H2,(H,15,16);1H/t9-;/m0./s1. The summed E-state index contributed by atoms with van der Waals surface area (Å²) in [6.45, 7) is 0.275. The molecule has 7 heteroatoms. The van der Waals surface area contributed by atoms with Crippen LogP contribution in [0.2, 0.25) is 0 Å². The summed E-state index contributed by atoms with van der Waals surface area (Å²) in [4.78, 5) is 11.0. The number of halogens is 4. The second-order valence-corrected chi connectivity index (χ2v) is 3.74. The molecule has 1 saturated heterocycles. The first-order valence-corrected chi connectivity index (χ1v) is 5.07. The molecule has 1 heterocycles. The highest BCUT2D eigenvalue weighted by molar-refractivity contribution is 5.85. The SMILES string of the molecule is Cl.O=C1N[C@H](c2ccc(C(F)(F)F)cc2)CCO1. The first kappa shape index (κ1) is 14.6. The van der Waals surface area contributed by atoms with Gasteiger partial charge in [-0.25, -0.2) is 4.79 Å². The summed E-state index contributed by atoms with van der Waals surface area (Å²) in [5, 5.41) is 2.55. The van der Waals surface area contributed by atoms with Gasteiger partial charge in [0.25, 0.3) is 0 Å². The normalized spacial score (nSPS) is 19.5. The fourth-order valence-electron chi connectivity index (χ4n) is 1.68. The summed E-state index contributed by atoms with van der Waals surface area (Å²) in [7, 11) is 0. The van der Waals surface area contributed by atoms with Gasteiger partial charge in [0.1, 0.15) is 0 Å². The van der Waals surface area contributed by atoms with Crippen LogP contribution < -0.4 is 5.32 Å². The van der Waals surface area contributed by atoms with Crippen LogP contribution >= 0.6 is 12.4 Å². The van der Waals surface area contributed by atoms with Gasteiger partial charge in [0, 0.05) is 6.42 Å². The largest absolute Gasteiger partial charge is 0.449 e. The number of cyclic esters (lactones) is 1. The number of alkyl carbamates (subject to hydrolysis) is 1. The van der Waals surface area contributed by atoms with Gasteiger partial charge >= 0.3 is 12.3 Å². The van der Waals surface area contributed by atoms with Gasteiger partial charge in [0.15, 0.2) is 0 Å². The van der Waals surface area contributed by atoms with Gasteiger partial charge in [-0.05, 0) is 17.7 Å². The second-order valence-electron chi connectivity index (χ2n) is 3.74. The highest BCUT2D eigenvalue weighted by Crippen LogP contribution is 2.30. The third-order valence-electron chi connectivity index (χ3n) is 2.57. The Balaban J connectivity index is 0.00000162. The number of rotatable bonds is 1. The van der Waals surface area contributed by atoms with Crippen molar-refractivity contribution in [3.63, 3.8) is 0 Å². The molecule has 1 amide bonds. The number of carbonyl (C=O) groups excluding carboxylic acids is 1. The van der Waals surface area contributed by atoms with Crippen molar-refractivity contribution in [3.8, 4) is 0 Å². The average molecular weight is 282 g/mol. The van der Waals surface area contributed by atoms with E-state index >= 15 is 0 Å². The zero-order chi connectivity index (χ0) is 12.5. The van der Waals surface area contributed by atoms with Crippen LogP contribution in [0.4, 0.5) is 18.0 Å². The van der Waals surface area contributed by atoms with Crippen molar-refractivity contribution < 1.29 is 22.7 Å². The van der Waals surface area contributed by atoms with Crippen molar-refractivity contribution in [3.05, 3.63) is 35.4 Å². The van der Waals surface area contributed by atoms with E-state index in [9.17, 15) is 18.0 Å². The third-order valence-corrected chi connectivity index (χ3v) is 2.57. The number of ether oxygens (including phenoxy) is 1. The number of nitrogens with one attached hydrogen (secondary N) is 1. The minimum atomic E-state index is -4.34. The quantitative estimate of drug-likeness (QED) is 0.858. The number of alkyl halides is 3. The summed E-state index contributed by atoms with van der Waals surface area (Å²) in [5.74, 6) is 0. The molecule has 100 valence electrons. The van der Waals surface area contributed by atoms with E-state index in [1.54, 1.807) is 0 Å². The highest BCUT2D eigenvalue weighted by atomic mass is 35.5. The molecule has 1 aliphatic heterocycles. The van der Waals surface area contributed by atoms with Crippen molar-refractivity contribution in [2.24, 2.45) is 0 Å². The lowest BCUT2D eigenvalue weighted by molar-refractivity contribution is -0.137. The van der Waals surface area contributed by atoms with Crippen molar-refractivity contribution in [2.45, 2.75) is 18.6 Å². The molecular weight excluding hydrogens is 271 g/mol. The smallest absolute Gasteiger partial charge is 0.416 e. The van der Waals surface area contributed by atoms with E-state index in [0.29, 0.717) is 12.0 Å². The molecule has 1 aliphatic rings. The Morgan fingerprint density at radius 3 is 2.33 bits per heavy atom. The van der Waals surface area contributed by atoms with Crippen LogP contribution in [0.15, 0.2) is 24.3 Å². The molecule has 1 N–H and O–H groups in total. The molecule has 0 bridgehead atoms. The Bertz CT molecular complexity index is 419. The van der Waals surface area contributed by atoms with Crippen LogP contribution in [-0.4, -0.2) is 12.7 Å². The summed E-state index contributed by atoms with van der Waals surface area (Å²) < 4.78 is 41.7. The molecule has 3 nitrogen and oxygen atoms in total. The maximum Gasteiger partial charge on any atom is 0.416 e. The summed E-state index contributed by atoms with van der Waals surface area (Å²) in [5.41, 5.74) is -0.0470. The summed E-state index contributed by atoms with van der Waals surface area (Å²) >= 11 is 0.